The molecular weight excluding hydrogens is 386 g/mol. The molecule has 2 heterocycles. The molecule has 1 amide bonds. The van der Waals surface area contributed by atoms with Gasteiger partial charge >= 0.3 is 0 Å². The van der Waals surface area contributed by atoms with E-state index in [4.69, 9.17) is 0 Å². The van der Waals surface area contributed by atoms with Crippen molar-refractivity contribution in [1.29, 1.82) is 0 Å². The quantitative estimate of drug-likeness (QED) is 0.660. The van der Waals surface area contributed by atoms with Gasteiger partial charge in [0.25, 0.3) is 5.91 Å². The molecule has 4 rings (SSSR count). The molecule has 0 aliphatic carbocycles. The summed E-state index contributed by atoms with van der Waals surface area (Å²) in [6, 6.07) is 14.6. The molecule has 31 heavy (non-hydrogen) atoms. The van der Waals surface area contributed by atoms with Crippen LogP contribution in [0.15, 0.2) is 42.5 Å². The number of amides is 1. The highest BCUT2D eigenvalue weighted by molar-refractivity contribution is 5.95. The van der Waals surface area contributed by atoms with Crippen molar-refractivity contribution in [2.75, 3.05) is 19.6 Å². The number of hydrogen-bond donors (Lipinski definition) is 3. The van der Waals surface area contributed by atoms with E-state index in [0.717, 1.165) is 44.6 Å². The van der Waals surface area contributed by atoms with Crippen LogP contribution in [0.25, 0.3) is 0 Å². The fourth-order valence-corrected chi connectivity index (χ4v) is 4.46. The normalized spacial score (nSPS) is 19.1. The van der Waals surface area contributed by atoms with E-state index in [1.165, 1.54) is 24.0 Å². The molecule has 2 fully saturated rings. The lowest BCUT2D eigenvalue weighted by Gasteiger charge is -2.26. The van der Waals surface area contributed by atoms with Crippen molar-refractivity contribution < 1.29 is 9.90 Å². The van der Waals surface area contributed by atoms with E-state index in [0.29, 0.717) is 11.6 Å². The van der Waals surface area contributed by atoms with Gasteiger partial charge in [0.1, 0.15) is 5.75 Å². The first kappa shape index (κ1) is 23.3. The van der Waals surface area contributed by atoms with E-state index in [1.54, 1.807) is 18.2 Å². The Bertz CT molecular complexity index is 844. The molecule has 2 aliphatic heterocycles. The van der Waals surface area contributed by atoms with Gasteiger partial charge in [-0.25, -0.2) is 0 Å². The monoisotopic (exact) mass is 423 g/mol. The van der Waals surface area contributed by atoms with Crippen LogP contribution < -0.4 is 10.6 Å². The Kier molecular flexibility index (Phi) is 8.50. The summed E-state index contributed by atoms with van der Waals surface area (Å²) >= 11 is 0. The van der Waals surface area contributed by atoms with Crippen molar-refractivity contribution in [3.05, 3.63) is 64.7 Å². The standard InChI is InChI=1S/C24H31N3O2.C2H6/c1-17-15-20(8-9-23(17)28)24(29)27-14-2-3-22(27)19-6-4-18(5-7-19)16-26-21-10-12-25-13-11-21;1-2/h4-9,15,21-22,25-26,28H,2-3,10-14,16H2,1H3;1-2H3. The van der Waals surface area contributed by atoms with Crippen molar-refractivity contribution >= 4 is 5.91 Å². The lowest BCUT2D eigenvalue weighted by Crippen LogP contribution is -2.39. The number of aryl methyl sites for hydroxylation is 1. The van der Waals surface area contributed by atoms with Crippen LogP contribution in [0.1, 0.15) is 72.6 Å². The number of nitrogens with zero attached hydrogens (tertiary/aromatic N) is 1. The van der Waals surface area contributed by atoms with E-state index in [2.05, 4.69) is 34.9 Å². The van der Waals surface area contributed by atoms with Gasteiger partial charge in [-0.05, 0) is 80.6 Å². The number of rotatable bonds is 5. The van der Waals surface area contributed by atoms with Gasteiger partial charge in [0, 0.05) is 24.7 Å². The Morgan fingerprint density at radius 2 is 1.81 bits per heavy atom. The second-order valence-corrected chi connectivity index (χ2v) is 8.30. The second-order valence-electron chi connectivity index (χ2n) is 8.30. The molecule has 0 saturated carbocycles. The lowest BCUT2D eigenvalue weighted by molar-refractivity contribution is 0.0735. The summed E-state index contributed by atoms with van der Waals surface area (Å²) in [5.41, 5.74) is 3.88. The van der Waals surface area contributed by atoms with Crippen molar-refractivity contribution in [2.24, 2.45) is 0 Å². The predicted octanol–water partition coefficient (Wildman–Crippen LogP) is 4.55. The number of piperidine rings is 1. The van der Waals surface area contributed by atoms with Crippen molar-refractivity contribution in [3.63, 3.8) is 0 Å². The first-order chi connectivity index (χ1) is 15.1. The second kappa shape index (κ2) is 11.3. The van der Waals surface area contributed by atoms with Crippen LogP contribution in [0, 0.1) is 6.92 Å². The van der Waals surface area contributed by atoms with Crippen LogP contribution in [0.3, 0.4) is 0 Å². The van der Waals surface area contributed by atoms with Crippen LogP contribution in [-0.4, -0.2) is 41.6 Å². The van der Waals surface area contributed by atoms with Crippen molar-refractivity contribution in [2.45, 2.75) is 65.1 Å². The Hall–Kier alpha value is -2.37. The molecule has 3 N–H and O–H groups in total. The number of likely N-dealkylation sites (tertiary alicyclic amines) is 1. The van der Waals surface area contributed by atoms with Crippen LogP contribution >= 0.6 is 0 Å². The Morgan fingerprint density at radius 1 is 1.10 bits per heavy atom. The summed E-state index contributed by atoms with van der Waals surface area (Å²) in [6.07, 6.45) is 4.39. The molecule has 168 valence electrons. The number of carbonyl (C=O) groups excluding carboxylic acids is 1. The van der Waals surface area contributed by atoms with Gasteiger partial charge in [-0.3, -0.25) is 4.79 Å². The van der Waals surface area contributed by atoms with Crippen LogP contribution in [0.5, 0.6) is 5.75 Å². The summed E-state index contributed by atoms with van der Waals surface area (Å²) in [6.45, 7) is 9.70. The van der Waals surface area contributed by atoms with E-state index in [9.17, 15) is 9.90 Å². The average molecular weight is 424 g/mol. The molecule has 0 aromatic heterocycles. The maximum absolute atomic E-state index is 13.1. The average Bonchev–Trinajstić information content (AvgIpc) is 3.31. The topological polar surface area (TPSA) is 64.6 Å². The fraction of sp³-hybridized carbons (Fsp3) is 0.500. The van der Waals surface area contributed by atoms with Gasteiger partial charge in [-0.2, -0.15) is 0 Å². The van der Waals surface area contributed by atoms with Gasteiger partial charge in [-0.15, -0.1) is 0 Å². The molecule has 1 atom stereocenters. The van der Waals surface area contributed by atoms with E-state index in [-0.39, 0.29) is 17.7 Å². The number of phenolic OH excluding ortho intramolecular Hbond substituents is 1. The van der Waals surface area contributed by atoms with Gasteiger partial charge < -0.3 is 20.6 Å². The van der Waals surface area contributed by atoms with Gasteiger partial charge in [-0.1, -0.05) is 38.1 Å². The molecular formula is C26H37N3O2. The highest BCUT2D eigenvalue weighted by Crippen LogP contribution is 2.33. The lowest BCUT2D eigenvalue weighted by atomic mass is 10.0. The molecule has 0 bridgehead atoms. The summed E-state index contributed by atoms with van der Waals surface area (Å²) in [5.74, 6) is 0.278. The van der Waals surface area contributed by atoms with E-state index in [1.807, 2.05) is 25.7 Å². The zero-order chi connectivity index (χ0) is 22.2. The minimum absolute atomic E-state index is 0.0484. The highest BCUT2D eigenvalue weighted by Gasteiger charge is 2.30. The maximum Gasteiger partial charge on any atom is 0.254 e. The highest BCUT2D eigenvalue weighted by atomic mass is 16.3. The minimum atomic E-state index is 0.0484. The summed E-state index contributed by atoms with van der Waals surface area (Å²) < 4.78 is 0. The van der Waals surface area contributed by atoms with E-state index >= 15 is 0 Å². The number of benzene rings is 2. The Balaban J connectivity index is 0.00000132. The molecule has 5 nitrogen and oxygen atoms in total. The molecule has 2 aromatic rings. The molecule has 2 aromatic carbocycles. The number of phenols is 1. The third-order valence-corrected chi connectivity index (χ3v) is 6.26. The van der Waals surface area contributed by atoms with Crippen LogP contribution in [-0.2, 0) is 6.54 Å². The number of carbonyl (C=O) groups is 1. The molecule has 0 spiro atoms. The Morgan fingerprint density at radius 3 is 2.48 bits per heavy atom. The maximum atomic E-state index is 13.1. The summed E-state index contributed by atoms with van der Waals surface area (Å²) in [7, 11) is 0. The number of aromatic hydroxyl groups is 1. The van der Waals surface area contributed by atoms with Crippen LogP contribution in [0.2, 0.25) is 0 Å². The van der Waals surface area contributed by atoms with Gasteiger partial charge in [0.2, 0.25) is 0 Å². The smallest absolute Gasteiger partial charge is 0.254 e. The first-order valence-corrected chi connectivity index (χ1v) is 11.8. The van der Waals surface area contributed by atoms with Crippen molar-refractivity contribution in [1.82, 2.24) is 15.5 Å². The summed E-state index contributed by atoms with van der Waals surface area (Å²) in [4.78, 5) is 15.0. The van der Waals surface area contributed by atoms with Gasteiger partial charge in [0.15, 0.2) is 0 Å². The third-order valence-electron chi connectivity index (χ3n) is 6.26. The Labute approximate surface area is 186 Å². The molecule has 5 heteroatoms. The molecule has 2 saturated heterocycles. The molecule has 0 radical (unpaired) electrons. The third kappa shape index (κ3) is 5.86. The van der Waals surface area contributed by atoms with E-state index < -0.39 is 0 Å². The van der Waals surface area contributed by atoms with Gasteiger partial charge in [0.05, 0.1) is 6.04 Å². The molecule has 1 unspecified atom stereocenters. The number of nitrogens with one attached hydrogen (secondary N) is 2. The molecule has 2 aliphatic rings. The fourth-order valence-electron chi connectivity index (χ4n) is 4.46. The predicted molar refractivity (Wildman–Crippen MR) is 126 cm³/mol. The minimum Gasteiger partial charge on any atom is -0.508 e. The SMILES string of the molecule is CC.Cc1cc(C(=O)N2CCCC2c2ccc(CNC3CCNCC3)cc2)ccc1O. The van der Waals surface area contributed by atoms with Crippen LogP contribution in [0.4, 0.5) is 0 Å². The largest absolute Gasteiger partial charge is 0.508 e. The first-order valence-electron chi connectivity index (χ1n) is 11.8. The zero-order valence-electron chi connectivity index (χ0n) is 19.2. The van der Waals surface area contributed by atoms with Crippen molar-refractivity contribution in [3.8, 4) is 5.75 Å². The number of hydrogen-bond acceptors (Lipinski definition) is 4. The zero-order valence-corrected chi connectivity index (χ0v) is 19.2. The summed E-state index contributed by atoms with van der Waals surface area (Å²) in [5, 5.41) is 16.8.